The van der Waals surface area contributed by atoms with Gasteiger partial charge >= 0.3 is 0 Å². The Morgan fingerprint density at radius 3 is 2.29 bits per heavy atom. The summed E-state index contributed by atoms with van der Waals surface area (Å²) in [5, 5.41) is 7.23. The normalized spacial score (nSPS) is 15.5. The maximum atomic E-state index is 12.7. The number of ether oxygens (including phenoxy) is 1. The highest BCUT2D eigenvalue weighted by Crippen LogP contribution is 2.19. The van der Waals surface area contributed by atoms with Crippen LogP contribution in [0.1, 0.15) is 64.8 Å². The molecule has 2 heterocycles. The lowest BCUT2D eigenvalue weighted by atomic mass is 9.99. The van der Waals surface area contributed by atoms with E-state index >= 15 is 0 Å². The van der Waals surface area contributed by atoms with Crippen molar-refractivity contribution >= 4 is 11.8 Å². The van der Waals surface area contributed by atoms with E-state index in [4.69, 9.17) is 4.74 Å². The lowest BCUT2D eigenvalue weighted by molar-refractivity contribution is 0.0298. The number of nitrogens with one attached hydrogen (secondary N) is 1. The number of rotatable bonds is 5. The molecule has 1 aromatic carbocycles. The smallest absolute Gasteiger partial charge is 0.274 e. The first kappa shape index (κ1) is 20.1. The summed E-state index contributed by atoms with van der Waals surface area (Å²) in [4.78, 5) is 27.0. The molecule has 0 radical (unpaired) electrons. The monoisotopic (exact) mass is 384 g/mol. The van der Waals surface area contributed by atoms with Crippen LogP contribution >= 0.6 is 0 Å². The summed E-state index contributed by atoms with van der Waals surface area (Å²) in [6, 6.07) is 9.66. The zero-order valence-corrected chi connectivity index (χ0v) is 16.9. The van der Waals surface area contributed by atoms with Gasteiger partial charge in [-0.05, 0) is 24.0 Å². The molecule has 0 saturated carbocycles. The number of nitrogens with zero attached hydrogens (tertiary/aromatic N) is 3. The molecule has 2 aromatic rings. The maximum absolute atomic E-state index is 12.7. The fourth-order valence-electron chi connectivity index (χ4n) is 3.24. The predicted octanol–water partition coefficient (Wildman–Crippen LogP) is 2.51. The molecular formula is C21H28N4O3. The summed E-state index contributed by atoms with van der Waals surface area (Å²) in [5.41, 5.74) is 2.94. The van der Waals surface area contributed by atoms with Crippen molar-refractivity contribution in [1.29, 1.82) is 0 Å². The van der Waals surface area contributed by atoms with Crippen molar-refractivity contribution in [2.75, 3.05) is 26.3 Å². The summed E-state index contributed by atoms with van der Waals surface area (Å²) < 4.78 is 6.73. The van der Waals surface area contributed by atoms with Crippen molar-refractivity contribution in [2.24, 2.45) is 7.05 Å². The van der Waals surface area contributed by atoms with E-state index in [1.807, 2.05) is 19.1 Å². The van der Waals surface area contributed by atoms with Crippen molar-refractivity contribution in [3.8, 4) is 0 Å². The number of carbonyl (C=O) groups excluding carboxylic acids is 2. The second-order valence-electron chi connectivity index (χ2n) is 7.46. The molecule has 1 N–H and O–H groups in total. The highest BCUT2D eigenvalue weighted by Gasteiger charge is 2.24. The number of hydrogen-bond donors (Lipinski definition) is 1. The lowest BCUT2D eigenvalue weighted by Crippen LogP contribution is -2.40. The van der Waals surface area contributed by atoms with Gasteiger partial charge in [-0.25, -0.2) is 0 Å². The highest BCUT2D eigenvalue weighted by molar-refractivity contribution is 5.98. The van der Waals surface area contributed by atoms with Crippen molar-refractivity contribution in [1.82, 2.24) is 20.0 Å². The minimum atomic E-state index is -0.253. The van der Waals surface area contributed by atoms with Gasteiger partial charge < -0.3 is 15.0 Å². The molecule has 2 amide bonds. The van der Waals surface area contributed by atoms with Crippen molar-refractivity contribution < 1.29 is 14.3 Å². The fourth-order valence-corrected chi connectivity index (χ4v) is 3.24. The van der Waals surface area contributed by atoms with Crippen LogP contribution in [0.15, 0.2) is 30.3 Å². The number of hydrogen-bond acceptors (Lipinski definition) is 4. The van der Waals surface area contributed by atoms with Crippen LogP contribution in [0.3, 0.4) is 0 Å². The molecule has 0 spiro atoms. The largest absolute Gasteiger partial charge is 0.378 e. The molecule has 150 valence electrons. The van der Waals surface area contributed by atoms with Gasteiger partial charge in [0.05, 0.1) is 19.3 Å². The second-order valence-corrected chi connectivity index (χ2v) is 7.46. The first-order valence-electron chi connectivity index (χ1n) is 9.68. The number of morpholine rings is 1. The molecule has 1 aromatic heterocycles. The van der Waals surface area contributed by atoms with Crippen molar-refractivity contribution in [3.63, 3.8) is 0 Å². The Labute approximate surface area is 165 Å². The summed E-state index contributed by atoms with van der Waals surface area (Å²) in [5.74, 6) is 0.0440. The van der Waals surface area contributed by atoms with Crippen LogP contribution in [0, 0.1) is 0 Å². The minimum Gasteiger partial charge on any atom is -0.378 e. The third kappa shape index (κ3) is 4.42. The second kappa shape index (κ2) is 8.56. The number of carbonyl (C=O) groups is 2. The Morgan fingerprint density at radius 1 is 1.07 bits per heavy atom. The summed E-state index contributed by atoms with van der Waals surface area (Å²) in [7, 11) is 1.67. The molecule has 0 unspecified atom stereocenters. The summed E-state index contributed by atoms with van der Waals surface area (Å²) >= 11 is 0. The van der Waals surface area contributed by atoms with E-state index in [0.29, 0.717) is 37.9 Å². The summed E-state index contributed by atoms with van der Waals surface area (Å²) in [6.07, 6.45) is 0. The van der Waals surface area contributed by atoms with Crippen molar-refractivity contribution in [3.05, 3.63) is 52.8 Å². The molecule has 0 aliphatic carbocycles. The van der Waals surface area contributed by atoms with E-state index in [9.17, 15) is 9.59 Å². The number of aromatic nitrogens is 2. The zero-order valence-electron chi connectivity index (χ0n) is 16.9. The Kier molecular flexibility index (Phi) is 6.14. The molecular weight excluding hydrogens is 356 g/mol. The lowest BCUT2D eigenvalue weighted by Gasteiger charge is -2.25. The standard InChI is InChI=1S/C21H28N4O3/c1-14(2)16-5-7-17(8-6-16)15(3)22-20(26)19-13-18(23-24(19)4)21(27)25-9-11-28-12-10-25/h5-8,13-15H,9-12H2,1-4H3,(H,22,26)/t15-/m1/s1. The van der Waals surface area contributed by atoms with Gasteiger partial charge in [0.15, 0.2) is 5.69 Å². The zero-order chi connectivity index (χ0) is 20.3. The van der Waals surface area contributed by atoms with Crippen LogP contribution < -0.4 is 5.32 Å². The molecule has 7 heteroatoms. The average molecular weight is 384 g/mol. The molecule has 1 aliphatic heterocycles. The Bertz CT molecular complexity index is 836. The number of amides is 2. The molecule has 1 atom stereocenters. The molecule has 0 bridgehead atoms. The maximum Gasteiger partial charge on any atom is 0.274 e. The molecule has 1 aliphatic rings. The van der Waals surface area contributed by atoms with E-state index in [-0.39, 0.29) is 23.6 Å². The van der Waals surface area contributed by atoms with Gasteiger partial charge in [-0.2, -0.15) is 5.10 Å². The Morgan fingerprint density at radius 2 is 1.68 bits per heavy atom. The fraction of sp³-hybridized carbons (Fsp3) is 0.476. The van der Waals surface area contributed by atoms with E-state index in [1.54, 1.807) is 18.0 Å². The SMILES string of the molecule is CC(C)c1ccc([C@@H](C)NC(=O)c2cc(C(=O)N3CCOCC3)nn2C)cc1. The van der Waals surface area contributed by atoms with Gasteiger partial charge in [0.2, 0.25) is 0 Å². The molecule has 28 heavy (non-hydrogen) atoms. The Hall–Kier alpha value is -2.67. The van der Waals surface area contributed by atoms with Crippen molar-refractivity contribution in [2.45, 2.75) is 32.7 Å². The predicted molar refractivity (Wildman–Crippen MR) is 106 cm³/mol. The molecule has 3 rings (SSSR count). The van der Waals surface area contributed by atoms with Crippen LogP contribution in [0.4, 0.5) is 0 Å². The van der Waals surface area contributed by atoms with Crippen LogP contribution in [-0.4, -0.2) is 52.8 Å². The van der Waals surface area contributed by atoms with E-state index in [1.165, 1.54) is 10.2 Å². The molecule has 7 nitrogen and oxygen atoms in total. The quantitative estimate of drug-likeness (QED) is 0.859. The van der Waals surface area contributed by atoms with Gasteiger partial charge in [-0.15, -0.1) is 0 Å². The molecule has 1 saturated heterocycles. The number of benzene rings is 1. The average Bonchev–Trinajstić information content (AvgIpc) is 3.09. The third-order valence-electron chi connectivity index (χ3n) is 5.08. The van der Waals surface area contributed by atoms with Gasteiger partial charge in [0.25, 0.3) is 11.8 Å². The first-order valence-corrected chi connectivity index (χ1v) is 9.68. The van der Waals surface area contributed by atoms with Crippen LogP contribution in [0.25, 0.3) is 0 Å². The van der Waals surface area contributed by atoms with E-state index in [0.717, 1.165) is 5.56 Å². The van der Waals surface area contributed by atoms with E-state index < -0.39 is 0 Å². The molecule has 1 fully saturated rings. The number of aryl methyl sites for hydroxylation is 1. The first-order chi connectivity index (χ1) is 13.4. The highest BCUT2D eigenvalue weighted by atomic mass is 16.5. The third-order valence-corrected chi connectivity index (χ3v) is 5.08. The summed E-state index contributed by atoms with van der Waals surface area (Å²) in [6.45, 7) is 8.38. The van der Waals surface area contributed by atoms with Gasteiger partial charge in [-0.3, -0.25) is 14.3 Å². The van der Waals surface area contributed by atoms with Gasteiger partial charge in [0.1, 0.15) is 5.69 Å². The Balaban J connectivity index is 1.68. The minimum absolute atomic E-state index is 0.151. The topological polar surface area (TPSA) is 76.5 Å². The van der Waals surface area contributed by atoms with Gasteiger partial charge in [0, 0.05) is 26.2 Å². The van der Waals surface area contributed by atoms with Crippen LogP contribution in [-0.2, 0) is 11.8 Å². The van der Waals surface area contributed by atoms with Crippen LogP contribution in [0.5, 0.6) is 0 Å². The van der Waals surface area contributed by atoms with Crippen LogP contribution in [0.2, 0.25) is 0 Å². The van der Waals surface area contributed by atoms with Gasteiger partial charge in [-0.1, -0.05) is 38.1 Å². The van der Waals surface area contributed by atoms with E-state index in [2.05, 4.69) is 36.4 Å².